The number of hydrazine groups is 1. The van der Waals surface area contributed by atoms with E-state index in [4.69, 9.17) is 5.84 Å². The van der Waals surface area contributed by atoms with Crippen LogP contribution in [-0.4, -0.2) is 14.8 Å². The zero-order valence-corrected chi connectivity index (χ0v) is 13.6. The summed E-state index contributed by atoms with van der Waals surface area (Å²) in [6.45, 7) is 4.09. The second kappa shape index (κ2) is 6.47. The van der Waals surface area contributed by atoms with Crippen LogP contribution in [0.25, 0.3) is 0 Å². The summed E-state index contributed by atoms with van der Waals surface area (Å²) in [6.07, 6.45) is 3.45. The number of nitrogens with two attached hydrogens (primary N) is 1. The van der Waals surface area contributed by atoms with E-state index in [9.17, 15) is 0 Å². The Morgan fingerprint density at radius 1 is 1.50 bits per heavy atom. The van der Waals surface area contributed by atoms with Crippen molar-refractivity contribution in [2.24, 2.45) is 12.9 Å². The van der Waals surface area contributed by atoms with Crippen molar-refractivity contribution < 1.29 is 0 Å². The normalized spacial score (nSPS) is 12.7. The fourth-order valence-electron chi connectivity index (χ4n) is 2.36. The van der Waals surface area contributed by atoms with Crippen molar-refractivity contribution in [3.05, 3.63) is 45.4 Å². The van der Waals surface area contributed by atoms with Crippen LogP contribution in [0.2, 0.25) is 0 Å². The average Bonchev–Trinajstić information content (AvgIpc) is 2.72. The second-order valence-electron chi connectivity index (χ2n) is 4.79. The molecule has 0 aliphatic rings. The number of pyridine rings is 1. The van der Waals surface area contributed by atoms with Gasteiger partial charge >= 0.3 is 0 Å². The number of nitrogens with zero attached hydrogens (tertiary/aromatic N) is 3. The number of aromatic nitrogens is 3. The highest BCUT2D eigenvalue weighted by Gasteiger charge is 2.19. The monoisotopic (exact) mass is 337 g/mol. The molecule has 2 aromatic heterocycles. The Morgan fingerprint density at radius 2 is 2.25 bits per heavy atom. The van der Waals surface area contributed by atoms with Gasteiger partial charge in [-0.3, -0.25) is 20.9 Å². The number of aryl methyl sites for hydroxylation is 3. The molecule has 0 bridgehead atoms. The van der Waals surface area contributed by atoms with Gasteiger partial charge in [0.2, 0.25) is 0 Å². The summed E-state index contributed by atoms with van der Waals surface area (Å²) < 4.78 is 2.99. The van der Waals surface area contributed by atoms with Crippen LogP contribution in [0.1, 0.15) is 35.6 Å². The van der Waals surface area contributed by atoms with Crippen molar-refractivity contribution >= 4 is 15.9 Å². The summed E-state index contributed by atoms with van der Waals surface area (Å²) >= 11 is 3.64. The van der Waals surface area contributed by atoms with Crippen molar-refractivity contribution in [1.29, 1.82) is 0 Å². The molecule has 0 aromatic carbocycles. The van der Waals surface area contributed by atoms with Gasteiger partial charge in [-0.05, 0) is 40.9 Å². The molecule has 2 rings (SSSR count). The van der Waals surface area contributed by atoms with E-state index < -0.39 is 0 Å². The highest BCUT2D eigenvalue weighted by molar-refractivity contribution is 9.10. The minimum atomic E-state index is 0.0140. The second-order valence-corrected chi connectivity index (χ2v) is 5.58. The van der Waals surface area contributed by atoms with Crippen LogP contribution in [0.3, 0.4) is 0 Å². The van der Waals surface area contributed by atoms with Gasteiger partial charge in [0.25, 0.3) is 0 Å². The fraction of sp³-hybridized carbons (Fsp3) is 0.429. The first kappa shape index (κ1) is 15.2. The predicted molar refractivity (Wildman–Crippen MR) is 83.0 cm³/mol. The Bertz CT molecular complexity index is 593. The van der Waals surface area contributed by atoms with Crippen molar-refractivity contribution in [1.82, 2.24) is 20.2 Å². The lowest BCUT2D eigenvalue weighted by Gasteiger charge is -2.18. The first-order chi connectivity index (χ1) is 9.58. The topological polar surface area (TPSA) is 68.8 Å². The van der Waals surface area contributed by atoms with E-state index in [0.29, 0.717) is 0 Å². The van der Waals surface area contributed by atoms with E-state index in [-0.39, 0.29) is 6.04 Å². The zero-order valence-electron chi connectivity index (χ0n) is 12.0. The third kappa shape index (κ3) is 2.92. The standard InChI is InChI=1S/C14H20BrN5/c1-4-11-14(15)13(20(3)19-11)8-12(18-16)10-6-5-7-17-9(10)2/h5-7,12,18H,4,8,16H2,1-3H3. The summed E-state index contributed by atoms with van der Waals surface area (Å²) in [4.78, 5) is 4.33. The maximum absolute atomic E-state index is 5.74. The number of rotatable bonds is 5. The lowest BCUT2D eigenvalue weighted by Crippen LogP contribution is -2.31. The molecule has 0 spiro atoms. The molecule has 20 heavy (non-hydrogen) atoms. The molecule has 5 nitrogen and oxygen atoms in total. The molecular weight excluding hydrogens is 318 g/mol. The van der Waals surface area contributed by atoms with Gasteiger partial charge in [0, 0.05) is 25.4 Å². The largest absolute Gasteiger partial charge is 0.271 e. The molecule has 0 saturated carbocycles. The quantitative estimate of drug-likeness (QED) is 0.648. The minimum Gasteiger partial charge on any atom is -0.271 e. The van der Waals surface area contributed by atoms with Crippen LogP contribution in [-0.2, 0) is 19.9 Å². The first-order valence-electron chi connectivity index (χ1n) is 6.66. The Balaban J connectivity index is 2.32. The average molecular weight is 338 g/mol. The number of halogens is 1. The zero-order chi connectivity index (χ0) is 14.7. The highest BCUT2D eigenvalue weighted by atomic mass is 79.9. The van der Waals surface area contributed by atoms with E-state index in [1.54, 1.807) is 6.20 Å². The molecule has 108 valence electrons. The van der Waals surface area contributed by atoms with Gasteiger partial charge in [-0.15, -0.1) is 0 Å². The van der Waals surface area contributed by atoms with E-state index in [1.807, 2.05) is 24.7 Å². The van der Waals surface area contributed by atoms with E-state index >= 15 is 0 Å². The number of hydrogen-bond donors (Lipinski definition) is 2. The summed E-state index contributed by atoms with van der Waals surface area (Å²) in [5, 5.41) is 4.52. The smallest absolute Gasteiger partial charge is 0.0766 e. The highest BCUT2D eigenvalue weighted by Crippen LogP contribution is 2.27. The van der Waals surface area contributed by atoms with E-state index in [2.05, 4.69) is 44.4 Å². The molecule has 2 aromatic rings. The Morgan fingerprint density at radius 3 is 2.80 bits per heavy atom. The van der Waals surface area contributed by atoms with Crippen LogP contribution in [0, 0.1) is 6.92 Å². The van der Waals surface area contributed by atoms with Gasteiger partial charge in [0.05, 0.1) is 21.9 Å². The molecular formula is C14H20BrN5. The molecule has 0 radical (unpaired) electrons. The molecule has 0 aliphatic heterocycles. The summed E-state index contributed by atoms with van der Waals surface area (Å²) in [6, 6.07) is 4.00. The molecule has 0 amide bonds. The van der Waals surface area contributed by atoms with Crippen LogP contribution in [0.4, 0.5) is 0 Å². The molecule has 0 saturated heterocycles. The molecule has 2 heterocycles. The van der Waals surface area contributed by atoms with Gasteiger partial charge in [0.15, 0.2) is 0 Å². The Kier molecular flexibility index (Phi) is 4.91. The van der Waals surface area contributed by atoms with Crippen molar-refractivity contribution in [3.8, 4) is 0 Å². The molecule has 1 atom stereocenters. The van der Waals surface area contributed by atoms with Crippen molar-refractivity contribution in [3.63, 3.8) is 0 Å². The molecule has 0 aliphatic carbocycles. The SMILES string of the molecule is CCc1nn(C)c(CC(NN)c2cccnc2C)c1Br. The Labute approximate surface area is 127 Å². The van der Waals surface area contributed by atoms with Crippen LogP contribution < -0.4 is 11.3 Å². The Hall–Kier alpha value is -1.24. The van der Waals surface area contributed by atoms with Crippen molar-refractivity contribution in [2.45, 2.75) is 32.7 Å². The number of nitrogens with one attached hydrogen (secondary N) is 1. The van der Waals surface area contributed by atoms with Crippen LogP contribution in [0.15, 0.2) is 22.8 Å². The number of hydrogen-bond acceptors (Lipinski definition) is 4. The van der Waals surface area contributed by atoms with Gasteiger partial charge < -0.3 is 0 Å². The molecule has 1 unspecified atom stereocenters. The third-order valence-electron chi connectivity index (χ3n) is 3.52. The summed E-state index contributed by atoms with van der Waals surface area (Å²) in [7, 11) is 1.96. The van der Waals surface area contributed by atoms with Crippen LogP contribution >= 0.6 is 15.9 Å². The predicted octanol–water partition coefficient (Wildman–Crippen LogP) is 2.20. The fourth-order valence-corrected chi connectivity index (χ4v) is 3.14. The summed E-state index contributed by atoms with van der Waals surface area (Å²) in [5.74, 6) is 5.74. The van der Waals surface area contributed by atoms with E-state index in [1.165, 1.54) is 0 Å². The lowest BCUT2D eigenvalue weighted by molar-refractivity contribution is 0.525. The minimum absolute atomic E-state index is 0.0140. The maximum Gasteiger partial charge on any atom is 0.0766 e. The maximum atomic E-state index is 5.74. The van der Waals surface area contributed by atoms with Gasteiger partial charge in [-0.1, -0.05) is 13.0 Å². The van der Waals surface area contributed by atoms with Crippen LogP contribution in [0.5, 0.6) is 0 Å². The summed E-state index contributed by atoms with van der Waals surface area (Å²) in [5.41, 5.74) is 7.19. The van der Waals surface area contributed by atoms with Gasteiger partial charge in [-0.2, -0.15) is 5.10 Å². The van der Waals surface area contributed by atoms with E-state index in [0.717, 1.165) is 40.0 Å². The third-order valence-corrected chi connectivity index (χ3v) is 4.44. The first-order valence-corrected chi connectivity index (χ1v) is 7.45. The lowest BCUT2D eigenvalue weighted by atomic mass is 10.0. The molecule has 3 N–H and O–H groups in total. The molecule has 0 fully saturated rings. The van der Waals surface area contributed by atoms with Gasteiger partial charge in [0.1, 0.15) is 0 Å². The molecule has 6 heteroatoms. The van der Waals surface area contributed by atoms with Gasteiger partial charge in [-0.25, -0.2) is 0 Å². The van der Waals surface area contributed by atoms with Crippen molar-refractivity contribution in [2.75, 3.05) is 0 Å².